The number of hydroxylamine groups is 1. The maximum Gasteiger partial charge on any atom is 0.135 e. The number of benzene rings is 1. The van der Waals surface area contributed by atoms with Gasteiger partial charge in [0.05, 0.1) is 12.8 Å². The molecule has 13 heavy (non-hydrogen) atoms. The highest BCUT2D eigenvalue weighted by atomic mass is 19.1. The van der Waals surface area contributed by atoms with Gasteiger partial charge in [-0.15, -0.1) is 0 Å². The predicted octanol–water partition coefficient (Wildman–Crippen LogP) is 2.09. The van der Waals surface area contributed by atoms with Crippen LogP contribution in [0.15, 0.2) is 24.8 Å². The minimum absolute atomic E-state index is 0.184. The van der Waals surface area contributed by atoms with E-state index in [1.54, 1.807) is 0 Å². The van der Waals surface area contributed by atoms with E-state index in [9.17, 15) is 8.78 Å². The molecule has 70 valence electrons. The summed E-state index contributed by atoms with van der Waals surface area (Å²) >= 11 is 0. The molecule has 1 aromatic rings. The van der Waals surface area contributed by atoms with Gasteiger partial charge in [-0.3, -0.25) is 10.3 Å². The van der Waals surface area contributed by atoms with Crippen LogP contribution in [0, 0.1) is 11.6 Å². The Morgan fingerprint density at radius 3 is 2.69 bits per heavy atom. The first-order valence-corrected chi connectivity index (χ1v) is 3.58. The highest BCUT2D eigenvalue weighted by Crippen LogP contribution is 2.15. The molecule has 0 amide bonds. The number of halogens is 2. The lowest BCUT2D eigenvalue weighted by Gasteiger charge is -2.07. The van der Waals surface area contributed by atoms with Crippen LogP contribution in [0.5, 0.6) is 0 Å². The maximum absolute atomic E-state index is 13.0. The molecule has 1 aromatic carbocycles. The smallest absolute Gasteiger partial charge is 0.135 e. The zero-order valence-corrected chi connectivity index (χ0v) is 7.10. The first-order valence-electron chi connectivity index (χ1n) is 3.58. The molecular weight excluding hydrogens is 176 g/mol. The van der Waals surface area contributed by atoms with Gasteiger partial charge in [0.2, 0.25) is 0 Å². The Morgan fingerprint density at radius 1 is 1.46 bits per heavy atom. The Balaban J connectivity index is 2.95. The molecule has 0 saturated carbocycles. The van der Waals surface area contributed by atoms with Crippen LogP contribution in [0.4, 0.5) is 8.78 Å². The molecule has 0 unspecified atom stereocenters. The highest BCUT2D eigenvalue weighted by Gasteiger charge is 2.06. The van der Waals surface area contributed by atoms with E-state index < -0.39 is 11.6 Å². The second kappa shape index (κ2) is 4.00. The molecule has 0 aromatic heterocycles. The van der Waals surface area contributed by atoms with Gasteiger partial charge in [0.15, 0.2) is 0 Å². The van der Waals surface area contributed by atoms with Crippen molar-refractivity contribution in [3.05, 3.63) is 42.0 Å². The van der Waals surface area contributed by atoms with Crippen LogP contribution >= 0.6 is 0 Å². The summed E-state index contributed by atoms with van der Waals surface area (Å²) < 4.78 is 25.5. The summed E-state index contributed by atoms with van der Waals surface area (Å²) in [6.45, 7) is 3.51. The summed E-state index contributed by atoms with van der Waals surface area (Å²) in [5.41, 5.74) is 2.80. The van der Waals surface area contributed by atoms with Crippen LogP contribution < -0.4 is 5.48 Å². The van der Waals surface area contributed by atoms with Crippen molar-refractivity contribution in [2.24, 2.45) is 0 Å². The third-order valence-electron chi connectivity index (χ3n) is 1.48. The van der Waals surface area contributed by atoms with Crippen molar-refractivity contribution < 1.29 is 13.6 Å². The zero-order chi connectivity index (χ0) is 9.84. The molecule has 2 nitrogen and oxygen atoms in total. The Kier molecular flexibility index (Phi) is 2.97. The molecule has 0 aliphatic rings. The van der Waals surface area contributed by atoms with Gasteiger partial charge < -0.3 is 0 Å². The maximum atomic E-state index is 13.0. The molecular formula is C9H9F2NO. The summed E-state index contributed by atoms with van der Waals surface area (Å²) in [5.74, 6) is -1.29. The number of hydrogen-bond acceptors (Lipinski definition) is 2. The zero-order valence-electron chi connectivity index (χ0n) is 7.10. The van der Waals surface area contributed by atoms with E-state index >= 15 is 0 Å². The molecule has 0 aliphatic carbocycles. The lowest BCUT2D eigenvalue weighted by molar-refractivity contribution is 0.136. The minimum atomic E-state index is -0.672. The quantitative estimate of drug-likeness (QED) is 0.728. The second-order valence-corrected chi connectivity index (χ2v) is 2.41. The van der Waals surface area contributed by atoms with Crippen molar-refractivity contribution in [3.63, 3.8) is 0 Å². The fourth-order valence-electron chi connectivity index (χ4n) is 0.912. The van der Waals surface area contributed by atoms with E-state index in [4.69, 9.17) is 0 Å². The van der Waals surface area contributed by atoms with Crippen LogP contribution in [0.25, 0.3) is 5.70 Å². The van der Waals surface area contributed by atoms with E-state index in [1.807, 2.05) is 0 Å². The molecule has 0 saturated heterocycles. The average molecular weight is 185 g/mol. The van der Waals surface area contributed by atoms with Gasteiger partial charge in [-0.1, -0.05) is 6.58 Å². The van der Waals surface area contributed by atoms with Crippen LogP contribution in [-0.2, 0) is 4.84 Å². The first kappa shape index (κ1) is 9.67. The van der Waals surface area contributed by atoms with Crippen molar-refractivity contribution in [2.45, 2.75) is 0 Å². The summed E-state index contributed by atoms with van der Waals surface area (Å²) in [6, 6.07) is 3.23. The molecule has 1 N–H and O–H groups in total. The number of nitrogens with one attached hydrogen (secondary N) is 1. The molecule has 0 atom stereocenters. The SMILES string of the molecule is C=C(NOC)c1ccc(F)cc1F. The fraction of sp³-hybridized carbons (Fsp3) is 0.111. The monoisotopic (exact) mass is 185 g/mol. The van der Waals surface area contributed by atoms with Gasteiger partial charge in [-0.25, -0.2) is 8.78 Å². The van der Waals surface area contributed by atoms with Crippen LogP contribution in [-0.4, -0.2) is 7.11 Å². The van der Waals surface area contributed by atoms with Gasteiger partial charge in [-0.05, 0) is 12.1 Å². The van der Waals surface area contributed by atoms with E-state index in [2.05, 4.69) is 16.9 Å². The topological polar surface area (TPSA) is 21.3 Å². The number of hydrogen-bond donors (Lipinski definition) is 1. The van der Waals surface area contributed by atoms with E-state index in [0.29, 0.717) is 0 Å². The average Bonchev–Trinajstić information content (AvgIpc) is 2.04. The molecule has 0 heterocycles. The van der Waals surface area contributed by atoms with E-state index in [1.165, 1.54) is 13.2 Å². The number of rotatable bonds is 3. The summed E-state index contributed by atoms with van der Waals surface area (Å²) in [4.78, 5) is 4.53. The van der Waals surface area contributed by atoms with Crippen molar-refractivity contribution in [3.8, 4) is 0 Å². The second-order valence-electron chi connectivity index (χ2n) is 2.41. The first-order chi connectivity index (χ1) is 6.15. The molecule has 4 heteroatoms. The van der Waals surface area contributed by atoms with E-state index in [-0.39, 0.29) is 11.3 Å². The summed E-state index contributed by atoms with van der Waals surface area (Å²) in [7, 11) is 1.38. The molecule has 0 radical (unpaired) electrons. The normalized spacial score (nSPS) is 9.77. The van der Waals surface area contributed by atoms with Gasteiger partial charge >= 0.3 is 0 Å². The standard InChI is InChI=1S/C9H9F2NO/c1-6(12-13-2)8-4-3-7(10)5-9(8)11/h3-5,12H,1H2,2H3. The Labute approximate surface area is 74.8 Å². The van der Waals surface area contributed by atoms with Gasteiger partial charge in [0.25, 0.3) is 0 Å². The van der Waals surface area contributed by atoms with Crippen LogP contribution in [0.1, 0.15) is 5.56 Å². The Hall–Kier alpha value is -1.42. The Bertz CT molecular complexity index is 325. The van der Waals surface area contributed by atoms with Crippen molar-refractivity contribution in [1.82, 2.24) is 5.48 Å². The summed E-state index contributed by atoms with van der Waals surface area (Å²) in [6.07, 6.45) is 0. The molecule has 1 rings (SSSR count). The van der Waals surface area contributed by atoms with Gasteiger partial charge in [0.1, 0.15) is 11.6 Å². The largest absolute Gasteiger partial charge is 0.279 e. The summed E-state index contributed by atoms with van der Waals surface area (Å²) in [5, 5.41) is 0. The van der Waals surface area contributed by atoms with Crippen LogP contribution in [0.3, 0.4) is 0 Å². The molecule has 0 aliphatic heterocycles. The van der Waals surface area contributed by atoms with Crippen molar-refractivity contribution in [1.29, 1.82) is 0 Å². The van der Waals surface area contributed by atoms with Gasteiger partial charge in [0, 0.05) is 11.6 Å². The van der Waals surface area contributed by atoms with Gasteiger partial charge in [-0.2, -0.15) is 0 Å². The molecule has 0 spiro atoms. The lowest BCUT2D eigenvalue weighted by Crippen LogP contribution is -2.10. The predicted molar refractivity (Wildman–Crippen MR) is 45.5 cm³/mol. The molecule has 0 bridgehead atoms. The third kappa shape index (κ3) is 2.26. The minimum Gasteiger partial charge on any atom is -0.279 e. The van der Waals surface area contributed by atoms with Crippen molar-refractivity contribution in [2.75, 3.05) is 7.11 Å². The van der Waals surface area contributed by atoms with Crippen molar-refractivity contribution >= 4 is 5.70 Å². The molecule has 0 fully saturated rings. The lowest BCUT2D eigenvalue weighted by atomic mass is 10.1. The Morgan fingerprint density at radius 2 is 2.15 bits per heavy atom. The van der Waals surface area contributed by atoms with E-state index in [0.717, 1.165) is 12.1 Å². The highest BCUT2D eigenvalue weighted by molar-refractivity contribution is 5.61. The van der Waals surface area contributed by atoms with Crippen LogP contribution in [0.2, 0.25) is 0 Å². The third-order valence-corrected chi connectivity index (χ3v) is 1.48. The fourth-order valence-corrected chi connectivity index (χ4v) is 0.912.